The molecule has 0 aliphatic carbocycles. The predicted molar refractivity (Wildman–Crippen MR) is 96.5 cm³/mol. The first-order chi connectivity index (χ1) is 13.7. The molecule has 0 atom stereocenters. The molecule has 1 heterocycles. The zero-order chi connectivity index (χ0) is 21.2. The van der Waals surface area contributed by atoms with E-state index in [9.17, 15) is 31.2 Å². The van der Waals surface area contributed by atoms with Crippen LogP contribution in [0, 0.1) is 17.5 Å². The number of ketones is 1. The van der Waals surface area contributed by atoms with E-state index >= 15 is 0 Å². The minimum absolute atomic E-state index is 0.175. The molecule has 0 radical (unpaired) electrons. The second-order valence-corrected chi connectivity index (χ2v) is 7.44. The number of nitrogens with one attached hydrogen (secondary N) is 2. The zero-order valence-electron chi connectivity index (χ0n) is 14.4. The van der Waals surface area contributed by atoms with Gasteiger partial charge in [0.2, 0.25) is 0 Å². The van der Waals surface area contributed by atoms with Gasteiger partial charge in [0.25, 0.3) is 10.0 Å². The number of H-pyrrole nitrogens is 1. The van der Waals surface area contributed by atoms with Crippen molar-refractivity contribution >= 4 is 21.5 Å². The number of nitrogens with zero attached hydrogens (tertiary/aromatic N) is 1. The Labute approximate surface area is 162 Å². The Morgan fingerprint density at radius 1 is 1.03 bits per heavy atom. The summed E-state index contributed by atoms with van der Waals surface area (Å²) in [5, 5.41) is 0. The molecule has 0 aliphatic rings. The minimum atomic E-state index is -4.81. The molecular weight excluding hydrogens is 411 g/mol. The number of anilines is 1. The first-order valence-electron chi connectivity index (χ1n) is 8.02. The van der Waals surface area contributed by atoms with Crippen LogP contribution in [0.5, 0.6) is 0 Å². The normalized spacial score (nSPS) is 11.3. The molecule has 0 fully saturated rings. The number of halogens is 3. The molecule has 0 bridgehead atoms. The second-order valence-electron chi connectivity index (χ2n) is 5.82. The summed E-state index contributed by atoms with van der Waals surface area (Å²) >= 11 is 0. The Balaban J connectivity index is 1.93. The van der Waals surface area contributed by atoms with Crippen LogP contribution in [0.25, 0.3) is 0 Å². The fraction of sp³-hybridized carbons (Fsp3) is 0.0556. The standard InChI is InChI=1S/C18H12F3N3O4S/c19-12-4-2-5-13(20)17(12)29(27,28)24-14-6-1-3-11(16(14)21)15(25)9-10-7-8-22-18(26)23-10/h1-8,24H,9H2,(H,22,23,26). The largest absolute Gasteiger partial charge is 0.345 e. The molecule has 0 spiro atoms. The van der Waals surface area contributed by atoms with Crippen LogP contribution < -0.4 is 10.4 Å². The lowest BCUT2D eigenvalue weighted by atomic mass is 10.1. The van der Waals surface area contributed by atoms with Gasteiger partial charge in [-0.05, 0) is 30.3 Å². The number of Topliss-reactive ketones (excluding diaryl/α,β-unsaturated/α-hetero) is 1. The molecule has 150 valence electrons. The molecule has 0 saturated carbocycles. The molecule has 2 aromatic carbocycles. The number of aromatic amines is 1. The molecule has 29 heavy (non-hydrogen) atoms. The van der Waals surface area contributed by atoms with E-state index in [1.165, 1.54) is 18.3 Å². The van der Waals surface area contributed by atoms with Crippen LogP contribution >= 0.6 is 0 Å². The van der Waals surface area contributed by atoms with Gasteiger partial charge in [0.05, 0.1) is 17.7 Å². The van der Waals surface area contributed by atoms with E-state index in [1.54, 1.807) is 4.72 Å². The molecule has 0 amide bonds. The molecule has 1 aromatic heterocycles. The number of carbonyl (C=O) groups excluding carboxylic acids is 1. The molecule has 2 N–H and O–H groups in total. The lowest BCUT2D eigenvalue weighted by molar-refractivity contribution is 0.0988. The quantitative estimate of drug-likeness (QED) is 0.592. The first-order valence-corrected chi connectivity index (χ1v) is 9.50. The third-order valence-electron chi connectivity index (χ3n) is 3.82. The van der Waals surface area contributed by atoms with Gasteiger partial charge < -0.3 is 4.98 Å². The van der Waals surface area contributed by atoms with Crippen molar-refractivity contribution in [2.45, 2.75) is 11.3 Å². The van der Waals surface area contributed by atoms with Gasteiger partial charge in [0.1, 0.15) is 11.6 Å². The molecule has 3 rings (SSSR count). The van der Waals surface area contributed by atoms with Crippen molar-refractivity contribution in [2.75, 3.05) is 4.72 Å². The highest BCUT2D eigenvalue weighted by atomic mass is 32.2. The first kappa shape index (κ1) is 20.3. The Kier molecular flexibility index (Phi) is 5.50. The average molecular weight is 423 g/mol. The van der Waals surface area contributed by atoms with E-state index in [4.69, 9.17) is 0 Å². The molecule has 0 unspecified atom stereocenters. The van der Waals surface area contributed by atoms with E-state index in [0.29, 0.717) is 0 Å². The molecule has 11 heteroatoms. The highest BCUT2D eigenvalue weighted by molar-refractivity contribution is 7.92. The maximum absolute atomic E-state index is 14.7. The van der Waals surface area contributed by atoms with Gasteiger partial charge in [0.15, 0.2) is 16.5 Å². The molecule has 3 aromatic rings. The summed E-state index contributed by atoms with van der Waals surface area (Å²) in [6, 6.07) is 7.11. The van der Waals surface area contributed by atoms with Crippen molar-refractivity contribution in [1.82, 2.24) is 9.97 Å². The van der Waals surface area contributed by atoms with E-state index in [1.807, 2.05) is 0 Å². The Morgan fingerprint density at radius 2 is 1.69 bits per heavy atom. The van der Waals surface area contributed by atoms with Gasteiger partial charge in [-0.25, -0.2) is 31.4 Å². The molecule has 0 aliphatic heterocycles. The van der Waals surface area contributed by atoms with Gasteiger partial charge in [-0.3, -0.25) is 9.52 Å². The van der Waals surface area contributed by atoms with Crippen LogP contribution in [0.4, 0.5) is 18.9 Å². The van der Waals surface area contributed by atoms with Gasteiger partial charge in [-0.1, -0.05) is 12.1 Å². The number of carbonyl (C=O) groups is 1. The van der Waals surface area contributed by atoms with Gasteiger partial charge >= 0.3 is 5.69 Å². The lowest BCUT2D eigenvalue weighted by Crippen LogP contribution is -2.19. The monoisotopic (exact) mass is 423 g/mol. The number of benzene rings is 2. The van der Waals surface area contributed by atoms with Crippen molar-refractivity contribution in [2.24, 2.45) is 0 Å². The summed E-state index contributed by atoms with van der Waals surface area (Å²) in [4.78, 5) is 28.0. The fourth-order valence-corrected chi connectivity index (χ4v) is 3.74. The predicted octanol–water partition coefficient (Wildman–Crippen LogP) is 2.41. The van der Waals surface area contributed by atoms with E-state index in [-0.39, 0.29) is 12.1 Å². The van der Waals surface area contributed by atoms with E-state index in [2.05, 4.69) is 9.97 Å². The van der Waals surface area contributed by atoms with Crippen LogP contribution in [0.15, 0.2) is 58.4 Å². The number of aromatic nitrogens is 2. The van der Waals surface area contributed by atoms with Crippen LogP contribution in [0.2, 0.25) is 0 Å². The Bertz CT molecular complexity index is 1240. The van der Waals surface area contributed by atoms with Gasteiger partial charge in [-0.2, -0.15) is 0 Å². The van der Waals surface area contributed by atoms with Crippen LogP contribution in [0.3, 0.4) is 0 Å². The fourth-order valence-electron chi connectivity index (χ4n) is 2.54. The second kappa shape index (κ2) is 7.87. The van der Waals surface area contributed by atoms with Crippen LogP contribution in [-0.4, -0.2) is 24.2 Å². The molecular formula is C18H12F3N3O4S. The van der Waals surface area contributed by atoms with Crippen molar-refractivity contribution < 1.29 is 26.4 Å². The highest BCUT2D eigenvalue weighted by Crippen LogP contribution is 2.25. The summed E-state index contributed by atoms with van der Waals surface area (Å²) in [5.41, 5.74) is -1.66. The van der Waals surface area contributed by atoms with Crippen molar-refractivity contribution in [3.05, 3.63) is 87.9 Å². The number of hydrogen-bond acceptors (Lipinski definition) is 5. The number of hydrogen-bond donors (Lipinski definition) is 2. The SMILES string of the molecule is O=C(Cc1ccnc(=O)[nH]1)c1cccc(NS(=O)(=O)c2c(F)cccc2F)c1F. The maximum atomic E-state index is 14.7. The maximum Gasteiger partial charge on any atom is 0.345 e. The summed E-state index contributed by atoms with van der Waals surface area (Å²) in [6.45, 7) is 0. The third kappa shape index (κ3) is 4.35. The van der Waals surface area contributed by atoms with E-state index < -0.39 is 55.1 Å². The van der Waals surface area contributed by atoms with Crippen molar-refractivity contribution in [1.29, 1.82) is 0 Å². The smallest absolute Gasteiger partial charge is 0.309 e. The molecule has 0 saturated heterocycles. The summed E-state index contributed by atoms with van der Waals surface area (Å²) in [6.07, 6.45) is 0.790. The molecule has 7 nitrogen and oxygen atoms in total. The number of rotatable bonds is 6. The lowest BCUT2D eigenvalue weighted by Gasteiger charge is -2.12. The highest BCUT2D eigenvalue weighted by Gasteiger charge is 2.26. The van der Waals surface area contributed by atoms with Crippen molar-refractivity contribution in [3.63, 3.8) is 0 Å². The Hall–Kier alpha value is -3.47. The van der Waals surface area contributed by atoms with Crippen LogP contribution in [0.1, 0.15) is 16.1 Å². The van der Waals surface area contributed by atoms with E-state index in [0.717, 1.165) is 30.3 Å². The zero-order valence-corrected chi connectivity index (χ0v) is 15.3. The van der Waals surface area contributed by atoms with Crippen LogP contribution in [-0.2, 0) is 16.4 Å². The van der Waals surface area contributed by atoms with Gasteiger partial charge in [0, 0.05) is 11.9 Å². The topological polar surface area (TPSA) is 109 Å². The summed E-state index contributed by atoms with van der Waals surface area (Å²) in [5.74, 6) is -4.70. The average Bonchev–Trinajstić information content (AvgIpc) is 2.63. The Morgan fingerprint density at radius 3 is 2.34 bits per heavy atom. The third-order valence-corrected chi connectivity index (χ3v) is 5.23. The van der Waals surface area contributed by atoms with Crippen molar-refractivity contribution in [3.8, 4) is 0 Å². The summed E-state index contributed by atoms with van der Waals surface area (Å²) in [7, 11) is -4.81. The summed E-state index contributed by atoms with van der Waals surface area (Å²) < 4.78 is 68.7. The number of sulfonamides is 1. The van der Waals surface area contributed by atoms with Gasteiger partial charge in [-0.15, -0.1) is 0 Å². The minimum Gasteiger partial charge on any atom is -0.309 e.